The lowest BCUT2D eigenvalue weighted by Crippen LogP contribution is -2.52. The van der Waals surface area contributed by atoms with Gasteiger partial charge in [0.05, 0.1) is 10.6 Å². The number of urea groups is 1. The van der Waals surface area contributed by atoms with Crippen molar-refractivity contribution in [1.29, 1.82) is 0 Å². The first-order valence-electron chi connectivity index (χ1n) is 8.33. The van der Waals surface area contributed by atoms with Crippen molar-refractivity contribution in [3.05, 3.63) is 22.8 Å². The number of rotatable bonds is 5. The Labute approximate surface area is 150 Å². The quantitative estimate of drug-likeness (QED) is 0.793. The van der Waals surface area contributed by atoms with Crippen molar-refractivity contribution in [3.63, 3.8) is 0 Å². The molecule has 0 atom stereocenters. The molecule has 1 N–H and O–H groups in total. The van der Waals surface area contributed by atoms with Gasteiger partial charge in [0.15, 0.2) is 0 Å². The Morgan fingerprint density at radius 3 is 2.52 bits per heavy atom. The number of piperazine rings is 1. The van der Waals surface area contributed by atoms with Gasteiger partial charge in [0.2, 0.25) is 0 Å². The Hall–Kier alpha value is -1.70. The van der Waals surface area contributed by atoms with Gasteiger partial charge in [0, 0.05) is 38.9 Å². The van der Waals surface area contributed by atoms with Gasteiger partial charge in [-0.3, -0.25) is 0 Å². The van der Waals surface area contributed by atoms with E-state index in [9.17, 15) is 18.0 Å². The smallest absolute Gasteiger partial charge is 0.352 e. The van der Waals surface area contributed by atoms with E-state index in [0.29, 0.717) is 38.5 Å². The molecule has 0 radical (unpaired) electrons. The number of amides is 2. The molecule has 25 heavy (non-hydrogen) atoms. The number of aromatic nitrogens is 1. The summed E-state index contributed by atoms with van der Waals surface area (Å²) in [7, 11) is 0. The SMILES string of the molecule is CCCCCNC(=O)N1CCN(c2ncc(C(F)(F)F)cc2Cl)CC1. The monoisotopic (exact) mass is 378 g/mol. The molecule has 0 aliphatic carbocycles. The lowest BCUT2D eigenvalue weighted by molar-refractivity contribution is -0.137. The van der Waals surface area contributed by atoms with Crippen molar-refractivity contribution in [2.24, 2.45) is 0 Å². The second-order valence-corrected chi connectivity index (χ2v) is 6.35. The van der Waals surface area contributed by atoms with Crippen molar-refractivity contribution >= 4 is 23.4 Å². The number of carbonyl (C=O) groups excluding carboxylic acids is 1. The lowest BCUT2D eigenvalue weighted by atomic mass is 10.2. The number of hydrogen-bond donors (Lipinski definition) is 1. The fraction of sp³-hybridized carbons (Fsp3) is 0.625. The zero-order valence-electron chi connectivity index (χ0n) is 14.1. The predicted molar refractivity (Wildman–Crippen MR) is 91.0 cm³/mol. The topological polar surface area (TPSA) is 48.5 Å². The summed E-state index contributed by atoms with van der Waals surface area (Å²) in [5.74, 6) is 0.317. The molecule has 0 saturated carbocycles. The minimum Gasteiger partial charge on any atom is -0.352 e. The number of nitrogens with zero attached hydrogens (tertiary/aromatic N) is 3. The average Bonchev–Trinajstić information content (AvgIpc) is 2.58. The van der Waals surface area contributed by atoms with Gasteiger partial charge in [0.1, 0.15) is 5.82 Å². The van der Waals surface area contributed by atoms with E-state index in [1.807, 2.05) is 0 Å². The highest BCUT2D eigenvalue weighted by molar-refractivity contribution is 6.33. The van der Waals surface area contributed by atoms with E-state index in [2.05, 4.69) is 17.2 Å². The molecule has 1 aromatic rings. The summed E-state index contributed by atoms with van der Waals surface area (Å²) >= 11 is 5.97. The van der Waals surface area contributed by atoms with Crippen LogP contribution in [0.5, 0.6) is 0 Å². The molecule has 140 valence electrons. The third-order valence-corrected chi connectivity index (χ3v) is 4.35. The Balaban J connectivity index is 1.88. The van der Waals surface area contributed by atoms with Gasteiger partial charge in [-0.15, -0.1) is 0 Å². The van der Waals surface area contributed by atoms with Crippen LogP contribution in [0.3, 0.4) is 0 Å². The first-order chi connectivity index (χ1) is 11.8. The second-order valence-electron chi connectivity index (χ2n) is 5.94. The highest BCUT2D eigenvalue weighted by atomic mass is 35.5. The number of nitrogens with one attached hydrogen (secondary N) is 1. The van der Waals surface area contributed by atoms with Crippen LogP contribution in [0.1, 0.15) is 31.7 Å². The molecule has 1 aliphatic heterocycles. The van der Waals surface area contributed by atoms with E-state index >= 15 is 0 Å². The summed E-state index contributed by atoms with van der Waals surface area (Å²) in [6, 6.07) is 0.777. The fourth-order valence-electron chi connectivity index (χ4n) is 2.62. The van der Waals surface area contributed by atoms with E-state index in [4.69, 9.17) is 11.6 Å². The maximum Gasteiger partial charge on any atom is 0.417 e. The maximum absolute atomic E-state index is 12.7. The summed E-state index contributed by atoms with van der Waals surface area (Å²) in [5, 5.41) is 2.84. The van der Waals surface area contributed by atoms with Gasteiger partial charge >= 0.3 is 12.2 Å². The minimum atomic E-state index is -4.47. The summed E-state index contributed by atoms with van der Waals surface area (Å²) in [6.07, 6.45) is -0.563. The van der Waals surface area contributed by atoms with Crippen molar-refractivity contribution < 1.29 is 18.0 Å². The van der Waals surface area contributed by atoms with E-state index in [1.54, 1.807) is 9.80 Å². The molecule has 1 aromatic heterocycles. The third-order valence-electron chi connectivity index (χ3n) is 4.07. The van der Waals surface area contributed by atoms with Crippen LogP contribution in [0.25, 0.3) is 0 Å². The van der Waals surface area contributed by atoms with Crippen LogP contribution in [0.2, 0.25) is 5.02 Å². The molecule has 9 heteroatoms. The van der Waals surface area contributed by atoms with Crippen LogP contribution >= 0.6 is 11.6 Å². The summed E-state index contributed by atoms with van der Waals surface area (Å²) < 4.78 is 38.0. The van der Waals surface area contributed by atoms with Crippen molar-refractivity contribution in [3.8, 4) is 0 Å². The summed E-state index contributed by atoms with van der Waals surface area (Å²) in [6.45, 7) is 4.64. The van der Waals surface area contributed by atoms with Gasteiger partial charge in [-0.25, -0.2) is 9.78 Å². The number of unbranched alkanes of at least 4 members (excludes halogenated alkanes) is 2. The second kappa shape index (κ2) is 8.60. The molecule has 0 unspecified atom stereocenters. The van der Waals surface area contributed by atoms with Crippen molar-refractivity contribution in [2.75, 3.05) is 37.6 Å². The molecule has 0 aromatic carbocycles. The van der Waals surface area contributed by atoms with Crippen molar-refractivity contribution in [2.45, 2.75) is 32.4 Å². The lowest BCUT2D eigenvalue weighted by Gasteiger charge is -2.35. The zero-order chi connectivity index (χ0) is 18.4. The van der Waals surface area contributed by atoms with E-state index in [0.717, 1.165) is 31.5 Å². The minimum absolute atomic E-state index is 0.0349. The highest BCUT2D eigenvalue weighted by Gasteiger charge is 2.32. The Morgan fingerprint density at radius 2 is 1.96 bits per heavy atom. The van der Waals surface area contributed by atoms with Gasteiger partial charge in [0.25, 0.3) is 0 Å². The molecule has 2 amide bonds. The van der Waals surface area contributed by atoms with Gasteiger partial charge in [-0.2, -0.15) is 13.2 Å². The first-order valence-corrected chi connectivity index (χ1v) is 8.71. The first kappa shape index (κ1) is 19.6. The molecule has 1 fully saturated rings. The molecule has 5 nitrogen and oxygen atoms in total. The van der Waals surface area contributed by atoms with Crippen LogP contribution in [-0.4, -0.2) is 48.6 Å². The highest BCUT2D eigenvalue weighted by Crippen LogP contribution is 2.33. The molecule has 1 aliphatic rings. The Kier molecular flexibility index (Phi) is 6.75. The molecule has 0 bridgehead atoms. The zero-order valence-corrected chi connectivity index (χ0v) is 14.8. The Bertz CT molecular complexity index is 589. The predicted octanol–water partition coefficient (Wildman–Crippen LogP) is 3.78. The van der Waals surface area contributed by atoms with E-state index in [-0.39, 0.29) is 11.1 Å². The number of carbonyl (C=O) groups is 1. The van der Waals surface area contributed by atoms with Crippen LogP contribution in [0, 0.1) is 0 Å². The largest absolute Gasteiger partial charge is 0.417 e. The van der Waals surface area contributed by atoms with Gasteiger partial charge in [-0.05, 0) is 12.5 Å². The molecular weight excluding hydrogens is 357 g/mol. The van der Waals surface area contributed by atoms with Crippen molar-refractivity contribution in [1.82, 2.24) is 15.2 Å². The Morgan fingerprint density at radius 1 is 1.28 bits per heavy atom. The van der Waals surface area contributed by atoms with E-state index in [1.165, 1.54) is 0 Å². The molecular formula is C16H22ClF3N4O. The number of halogens is 4. The molecule has 2 rings (SSSR count). The maximum atomic E-state index is 12.7. The summed E-state index contributed by atoms with van der Waals surface area (Å²) in [5.41, 5.74) is -0.869. The fourth-order valence-corrected chi connectivity index (χ4v) is 2.91. The number of alkyl halides is 3. The average molecular weight is 379 g/mol. The standard InChI is InChI=1S/C16H22ClF3N4O/c1-2-3-4-5-21-15(25)24-8-6-23(7-9-24)14-13(17)10-12(11-22-14)16(18,19)20/h10-11H,2-9H2,1H3,(H,21,25). The summed E-state index contributed by atoms with van der Waals surface area (Å²) in [4.78, 5) is 19.4. The van der Waals surface area contributed by atoms with Crippen LogP contribution < -0.4 is 10.2 Å². The van der Waals surface area contributed by atoms with Crippen LogP contribution in [0.4, 0.5) is 23.8 Å². The normalized spacial score (nSPS) is 15.4. The van der Waals surface area contributed by atoms with Crippen LogP contribution in [0.15, 0.2) is 12.3 Å². The molecule has 0 spiro atoms. The van der Waals surface area contributed by atoms with Crippen LogP contribution in [-0.2, 0) is 6.18 Å². The third kappa shape index (κ3) is 5.39. The van der Waals surface area contributed by atoms with Gasteiger partial charge in [-0.1, -0.05) is 31.4 Å². The number of hydrogen-bond acceptors (Lipinski definition) is 3. The molecule has 1 saturated heterocycles. The van der Waals surface area contributed by atoms with E-state index < -0.39 is 11.7 Å². The molecule has 2 heterocycles. The number of pyridine rings is 1. The number of anilines is 1. The van der Waals surface area contributed by atoms with Gasteiger partial charge < -0.3 is 15.1 Å².